The van der Waals surface area contributed by atoms with Gasteiger partial charge < -0.3 is 16.2 Å². The number of benzene rings is 1. The molecule has 0 spiro atoms. The van der Waals surface area contributed by atoms with Gasteiger partial charge in [-0.15, -0.1) is 0 Å². The Bertz CT molecular complexity index is 616. The lowest BCUT2D eigenvalue weighted by atomic mass is 9.88. The Kier molecular flexibility index (Phi) is 9.37. The molecule has 1 rings (SSSR count). The second-order valence-electron chi connectivity index (χ2n) is 6.73. The number of amides is 2. The van der Waals surface area contributed by atoms with E-state index in [-0.39, 0.29) is 42.3 Å². The number of ketones is 1. The van der Waals surface area contributed by atoms with Gasteiger partial charge >= 0.3 is 0 Å². The maximum Gasteiger partial charge on any atom is 0.228 e. The van der Waals surface area contributed by atoms with Crippen LogP contribution in [0, 0.1) is 17.8 Å². The van der Waals surface area contributed by atoms with Crippen molar-refractivity contribution in [1.29, 1.82) is 0 Å². The zero-order chi connectivity index (χ0) is 19.7. The quantitative estimate of drug-likeness (QED) is 0.545. The number of nitrogens with two attached hydrogens (primary N) is 1. The monoisotopic (exact) mass is 380 g/mol. The fourth-order valence-corrected chi connectivity index (χ4v) is 3.14. The average Bonchev–Trinajstić information content (AvgIpc) is 2.60. The molecule has 0 heterocycles. The molecule has 26 heavy (non-hydrogen) atoms. The lowest BCUT2D eigenvalue weighted by molar-refractivity contribution is -0.128. The minimum Gasteiger partial charge on any atom is -0.392 e. The van der Waals surface area contributed by atoms with E-state index >= 15 is 0 Å². The van der Waals surface area contributed by atoms with Gasteiger partial charge in [-0.25, -0.2) is 0 Å². The standard InChI is InChI=1S/C19H28N2O4S/c1-12(2)13(3)17(23)8-15(10-26-11-18(20)24)19(25)21-16-6-4-14(9-22)5-7-16/h4-7,12-13,15,22H,8-11H2,1-3H3,(H2,20,24)(H,21,25)/t13-,15+/m0/s1. The molecule has 0 saturated heterocycles. The van der Waals surface area contributed by atoms with E-state index in [4.69, 9.17) is 10.8 Å². The summed E-state index contributed by atoms with van der Waals surface area (Å²) in [5, 5.41) is 11.9. The van der Waals surface area contributed by atoms with E-state index in [0.717, 1.165) is 5.56 Å². The predicted molar refractivity (Wildman–Crippen MR) is 105 cm³/mol. The van der Waals surface area contributed by atoms with Gasteiger partial charge in [0.25, 0.3) is 0 Å². The van der Waals surface area contributed by atoms with E-state index in [1.165, 1.54) is 11.8 Å². The zero-order valence-electron chi connectivity index (χ0n) is 15.5. The molecule has 0 aliphatic heterocycles. The van der Waals surface area contributed by atoms with Gasteiger partial charge in [0.2, 0.25) is 11.8 Å². The molecular weight excluding hydrogens is 352 g/mol. The van der Waals surface area contributed by atoms with Crippen molar-refractivity contribution in [2.75, 3.05) is 16.8 Å². The summed E-state index contributed by atoms with van der Waals surface area (Å²) >= 11 is 1.26. The van der Waals surface area contributed by atoms with Crippen molar-refractivity contribution in [2.45, 2.75) is 33.8 Å². The number of aliphatic hydroxyl groups is 1. The predicted octanol–water partition coefficient (Wildman–Crippen LogP) is 2.20. The van der Waals surface area contributed by atoms with Crippen LogP contribution in [-0.2, 0) is 21.0 Å². The summed E-state index contributed by atoms with van der Waals surface area (Å²) in [5.74, 6) is -0.673. The lowest BCUT2D eigenvalue weighted by Gasteiger charge is -2.20. The summed E-state index contributed by atoms with van der Waals surface area (Å²) in [6.45, 7) is 5.75. The van der Waals surface area contributed by atoms with Crippen molar-refractivity contribution in [3.8, 4) is 0 Å². The molecule has 4 N–H and O–H groups in total. The number of hydrogen-bond acceptors (Lipinski definition) is 5. The molecule has 1 aromatic carbocycles. The van der Waals surface area contributed by atoms with Crippen LogP contribution in [0.2, 0.25) is 0 Å². The molecule has 0 bridgehead atoms. The first-order valence-corrected chi connectivity index (χ1v) is 9.79. The van der Waals surface area contributed by atoms with Gasteiger partial charge in [-0.2, -0.15) is 11.8 Å². The number of rotatable bonds is 11. The van der Waals surface area contributed by atoms with Crippen LogP contribution in [0.4, 0.5) is 5.69 Å². The first-order chi connectivity index (χ1) is 12.2. The first kappa shape index (κ1) is 22.2. The summed E-state index contributed by atoms with van der Waals surface area (Å²) in [7, 11) is 0. The topological polar surface area (TPSA) is 109 Å². The van der Waals surface area contributed by atoms with Crippen LogP contribution in [0.15, 0.2) is 24.3 Å². The fraction of sp³-hybridized carbons (Fsp3) is 0.526. The molecule has 1 aromatic rings. The maximum absolute atomic E-state index is 12.6. The molecule has 2 atom stereocenters. The number of nitrogens with one attached hydrogen (secondary N) is 1. The Morgan fingerprint density at radius 2 is 1.77 bits per heavy atom. The summed E-state index contributed by atoms with van der Waals surface area (Å²) < 4.78 is 0. The third-order valence-electron chi connectivity index (χ3n) is 4.29. The van der Waals surface area contributed by atoms with E-state index in [1.807, 2.05) is 20.8 Å². The van der Waals surface area contributed by atoms with Crippen LogP contribution in [0.3, 0.4) is 0 Å². The van der Waals surface area contributed by atoms with Crippen LogP contribution < -0.4 is 11.1 Å². The molecule has 0 saturated carbocycles. The van der Waals surface area contributed by atoms with Crippen molar-refractivity contribution >= 4 is 35.0 Å². The van der Waals surface area contributed by atoms with Crippen LogP contribution in [0.5, 0.6) is 0 Å². The van der Waals surface area contributed by atoms with Crippen LogP contribution in [0.1, 0.15) is 32.8 Å². The zero-order valence-corrected chi connectivity index (χ0v) is 16.3. The molecular formula is C19H28N2O4S. The number of thioether (sulfide) groups is 1. The van der Waals surface area contributed by atoms with E-state index in [9.17, 15) is 14.4 Å². The van der Waals surface area contributed by atoms with Crippen molar-refractivity contribution in [1.82, 2.24) is 0 Å². The highest BCUT2D eigenvalue weighted by Crippen LogP contribution is 2.21. The van der Waals surface area contributed by atoms with Crippen molar-refractivity contribution in [3.63, 3.8) is 0 Å². The number of aliphatic hydroxyl groups excluding tert-OH is 1. The van der Waals surface area contributed by atoms with E-state index < -0.39 is 11.8 Å². The molecule has 7 heteroatoms. The Morgan fingerprint density at radius 3 is 2.27 bits per heavy atom. The molecule has 0 aromatic heterocycles. The van der Waals surface area contributed by atoms with Gasteiger partial charge in [0, 0.05) is 23.8 Å². The van der Waals surface area contributed by atoms with E-state index in [0.29, 0.717) is 11.4 Å². The second kappa shape index (κ2) is 11.0. The molecule has 2 amide bonds. The minimum atomic E-state index is -0.537. The molecule has 6 nitrogen and oxygen atoms in total. The van der Waals surface area contributed by atoms with E-state index in [2.05, 4.69) is 5.32 Å². The highest BCUT2D eigenvalue weighted by molar-refractivity contribution is 7.99. The van der Waals surface area contributed by atoms with Gasteiger partial charge in [-0.05, 0) is 23.6 Å². The number of carbonyl (C=O) groups is 3. The van der Waals surface area contributed by atoms with Crippen molar-refractivity contribution in [3.05, 3.63) is 29.8 Å². The molecule has 0 aliphatic rings. The largest absolute Gasteiger partial charge is 0.392 e. The number of hydrogen-bond donors (Lipinski definition) is 3. The number of primary amides is 1. The third kappa shape index (κ3) is 7.58. The van der Waals surface area contributed by atoms with Gasteiger partial charge in [0.15, 0.2) is 0 Å². The van der Waals surface area contributed by atoms with Crippen LogP contribution >= 0.6 is 11.8 Å². The number of Topliss-reactive ketones (excluding diaryl/α,β-unsaturated/α-hetero) is 1. The lowest BCUT2D eigenvalue weighted by Crippen LogP contribution is -2.30. The maximum atomic E-state index is 12.6. The number of anilines is 1. The Balaban J connectivity index is 2.78. The minimum absolute atomic E-state index is 0.0375. The highest BCUT2D eigenvalue weighted by Gasteiger charge is 2.26. The first-order valence-electron chi connectivity index (χ1n) is 8.64. The third-order valence-corrected chi connectivity index (χ3v) is 5.42. The van der Waals surface area contributed by atoms with Crippen molar-refractivity contribution < 1.29 is 19.5 Å². The fourth-order valence-electron chi connectivity index (χ4n) is 2.27. The Labute approximate surface area is 158 Å². The van der Waals surface area contributed by atoms with Crippen LogP contribution in [-0.4, -0.2) is 34.2 Å². The summed E-state index contributed by atoms with van der Waals surface area (Å²) in [6, 6.07) is 6.85. The highest BCUT2D eigenvalue weighted by atomic mass is 32.2. The number of carbonyl (C=O) groups excluding carboxylic acids is 3. The van der Waals surface area contributed by atoms with Gasteiger partial charge in [0.1, 0.15) is 5.78 Å². The second-order valence-corrected chi connectivity index (χ2v) is 7.76. The SMILES string of the molecule is CC(C)[C@H](C)C(=O)C[C@H](CSCC(N)=O)C(=O)Nc1ccc(CO)cc1. The van der Waals surface area contributed by atoms with Crippen molar-refractivity contribution in [2.24, 2.45) is 23.5 Å². The summed E-state index contributed by atoms with van der Waals surface area (Å²) in [5.41, 5.74) is 6.49. The summed E-state index contributed by atoms with van der Waals surface area (Å²) in [4.78, 5) is 36.0. The normalized spacial score (nSPS) is 13.3. The molecule has 0 radical (unpaired) electrons. The van der Waals surface area contributed by atoms with Gasteiger partial charge in [0.05, 0.1) is 18.3 Å². The summed E-state index contributed by atoms with van der Waals surface area (Å²) in [6.07, 6.45) is 0.131. The molecule has 0 aliphatic carbocycles. The van der Waals surface area contributed by atoms with Gasteiger partial charge in [-0.1, -0.05) is 32.9 Å². The van der Waals surface area contributed by atoms with Crippen LogP contribution in [0.25, 0.3) is 0 Å². The molecule has 144 valence electrons. The smallest absolute Gasteiger partial charge is 0.228 e. The Hall–Kier alpha value is -1.86. The van der Waals surface area contributed by atoms with E-state index in [1.54, 1.807) is 24.3 Å². The Morgan fingerprint density at radius 1 is 1.15 bits per heavy atom. The van der Waals surface area contributed by atoms with Gasteiger partial charge in [-0.3, -0.25) is 14.4 Å². The molecule has 0 unspecified atom stereocenters. The molecule has 0 fully saturated rings. The average molecular weight is 381 g/mol.